The first-order chi connectivity index (χ1) is 10.8. The number of aliphatic hydroxyl groups is 8. The molecule has 11 heteroatoms. The van der Waals surface area contributed by atoms with Crippen LogP contribution in [0.5, 0.6) is 0 Å². The molecule has 0 aliphatic carbocycles. The van der Waals surface area contributed by atoms with E-state index in [1.807, 2.05) is 0 Å². The minimum Gasteiger partial charge on any atom is -0.394 e. The molecule has 136 valence electrons. The van der Waals surface area contributed by atoms with E-state index in [2.05, 4.69) is 0 Å². The van der Waals surface area contributed by atoms with Crippen LogP contribution in [0.25, 0.3) is 0 Å². The Morgan fingerprint density at radius 2 is 1.22 bits per heavy atom. The highest BCUT2D eigenvalue weighted by Crippen LogP contribution is 2.24. The monoisotopic (exact) mass is 342 g/mol. The fraction of sp³-hybridized carbons (Fsp3) is 1.00. The predicted molar refractivity (Wildman–Crippen MR) is 68.6 cm³/mol. The SMILES string of the molecule is OC[C@H]1O[C@H](OC[C@H]2O[C@@H](O)[C@H](O)[C@@H](O)[C@H]2O)[C@H](O)[C@@H](O)[C@H]1O. The summed E-state index contributed by atoms with van der Waals surface area (Å²) in [5.41, 5.74) is 0. The predicted octanol–water partition coefficient (Wildman–Crippen LogP) is -5.40. The first-order valence-corrected chi connectivity index (χ1v) is 7.07. The van der Waals surface area contributed by atoms with Crippen molar-refractivity contribution in [3.63, 3.8) is 0 Å². The van der Waals surface area contributed by atoms with Gasteiger partial charge in [-0.15, -0.1) is 0 Å². The highest BCUT2D eigenvalue weighted by atomic mass is 16.7. The maximum Gasteiger partial charge on any atom is 0.186 e. The largest absolute Gasteiger partial charge is 0.394 e. The molecule has 0 unspecified atom stereocenters. The van der Waals surface area contributed by atoms with Gasteiger partial charge in [0, 0.05) is 0 Å². The highest BCUT2D eigenvalue weighted by Gasteiger charge is 2.46. The van der Waals surface area contributed by atoms with E-state index < -0.39 is 74.6 Å². The smallest absolute Gasteiger partial charge is 0.186 e. The molecule has 8 N–H and O–H groups in total. The van der Waals surface area contributed by atoms with Gasteiger partial charge < -0.3 is 55.1 Å². The third kappa shape index (κ3) is 3.81. The Morgan fingerprint density at radius 1 is 0.652 bits per heavy atom. The van der Waals surface area contributed by atoms with Crippen LogP contribution >= 0.6 is 0 Å². The molecule has 2 aliphatic heterocycles. The zero-order chi connectivity index (χ0) is 17.3. The topological polar surface area (TPSA) is 190 Å². The van der Waals surface area contributed by atoms with Gasteiger partial charge in [-0.05, 0) is 0 Å². The summed E-state index contributed by atoms with van der Waals surface area (Å²) in [6.07, 6.45) is -15.3. The van der Waals surface area contributed by atoms with Crippen LogP contribution in [0.3, 0.4) is 0 Å². The van der Waals surface area contributed by atoms with Crippen LogP contribution in [0.2, 0.25) is 0 Å². The molecule has 23 heavy (non-hydrogen) atoms. The summed E-state index contributed by atoms with van der Waals surface area (Å²) in [6, 6.07) is 0. The summed E-state index contributed by atoms with van der Waals surface area (Å²) >= 11 is 0. The molecule has 11 nitrogen and oxygen atoms in total. The van der Waals surface area contributed by atoms with Gasteiger partial charge in [0.05, 0.1) is 13.2 Å². The summed E-state index contributed by atoms with van der Waals surface area (Å²) in [7, 11) is 0. The summed E-state index contributed by atoms with van der Waals surface area (Å²) in [5, 5.41) is 76.1. The average Bonchev–Trinajstić information content (AvgIpc) is 2.54. The van der Waals surface area contributed by atoms with Crippen LogP contribution in [0.4, 0.5) is 0 Å². The molecule has 2 fully saturated rings. The van der Waals surface area contributed by atoms with Crippen LogP contribution in [-0.4, -0.2) is 115 Å². The van der Waals surface area contributed by atoms with E-state index in [0.717, 1.165) is 0 Å². The average molecular weight is 342 g/mol. The summed E-state index contributed by atoms with van der Waals surface area (Å²) in [6.45, 7) is -1.10. The second-order valence-electron chi connectivity index (χ2n) is 5.57. The van der Waals surface area contributed by atoms with Crippen molar-refractivity contribution in [3.8, 4) is 0 Å². The van der Waals surface area contributed by atoms with Gasteiger partial charge in [0.25, 0.3) is 0 Å². The van der Waals surface area contributed by atoms with E-state index in [-0.39, 0.29) is 0 Å². The standard InChI is InChI=1S/C12H22O11/c13-1-3-5(14)8(17)10(19)12(23-3)21-2-4-6(15)7(16)9(18)11(20)22-4/h3-20H,1-2H2/t3-,4-,5+,6+,7+,8+,9-,10-,11-,12+/m1/s1. The lowest BCUT2D eigenvalue weighted by atomic mass is 9.98. The Morgan fingerprint density at radius 3 is 1.83 bits per heavy atom. The van der Waals surface area contributed by atoms with Gasteiger partial charge in [-0.2, -0.15) is 0 Å². The second kappa shape index (κ2) is 7.63. The lowest BCUT2D eigenvalue weighted by Crippen LogP contribution is -2.61. The van der Waals surface area contributed by atoms with Crippen LogP contribution < -0.4 is 0 Å². The van der Waals surface area contributed by atoms with Gasteiger partial charge in [0.15, 0.2) is 12.6 Å². The van der Waals surface area contributed by atoms with Gasteiger partial charge in [0.1, 0.15) is 48.8 Å². The van der Waals surface area contributed by atoms with Crippen molar-refractivity contribution >= 4 is 0 Å². The molecule has 0 saturated carbocycles. The number of hydrogen-bond acceptors (Lipinski definition) is 11. The zero-order valence-electron chi connectivity index (χ0n) is 12.0. The Bertz CT molecular complexity index is 380. The van der Waals surface area contributed by atoms with Crippen molar-refractivity contribution < 1.29 is 55.1 Å². The molecule has 0 aromatic rings. The first kappa shape index (κ1) is 18.9. The van der Waals surface area contributed by atoms with Crippen LogP contribution in [0.15, 0.2) is 0 Å². The summed E-state index contributed by atoms with van der Waals surface area (Å²) < 4.78 is 15.1. The Labute approximate surface area is 130 Å². The third-order valence-corrected chi connectivity index (χ3v) is 3.96. The van der Waals surface area contributed by atoms with E-state index >= 15 is 0 Å². The lowest BCUT2D eigenvalue weighted by Gasteiger charge is -2.41. The normalized spacial score (nSPS) is 51.7. The van der Waals surface area contributed by atoms with E-state index in [1.165, 1.54) is 0 Å². The van der Waals surface area contributed by atoms with Gasteiger partial charge in [-0.1, -0.05) is 0 Å². The molecule has 0 aromatic carbocycles. The minimum absolute atomic E-state index is 0.468. The van der Waals surface area contributed by atoms with Gasteiger partial charge in [-0.25, -0.2) is 0 Å². The van der Waals surface area contributed by atoms with Crippen molar-refractivity contribution in [1.82, 2.24) is 0 Å². The van der Waals surface area contributed by atoms with Crippen LogP contribution in [0, 0.1) is 0 Å². The lowest BCUT2D eigenvalue weighted by molar-refractivity contribution is -0.325. The van der Waals surface area contributed by atoms with Crippen molar-refractivity contribution in [3.05, 3.63) is 0 Å². The molecule has 0 amide bonds. The van der Waals surface area contributed by atoms with Crippen molar-refractivity contribution in [2.24, 2.45) is 0 Å². The molecule has 2 rings (SSSR count). The minimum atomic E-state index is -1.74. The van der Waals surface area contributed by atoms with Gasteiger partial charge in [0.2, 0.25) is 0 Å². The number of ether oxygens (including phenoxy) is 3. The maximum absolute atomic E-state index is 9.78. The van der Waals surface area contributed by atoms with Crippen molar-refractivity contribution in [2.45, 2.75) is 61.4 Å². The van der Waals surface area contributed by atoms with E-state index in [0.29, 0.717) is 0 Å². The molecule has 0 radical (unpaired) electrons. The van der Waals surface area contributed by atoms with Gasteiger partial charge in [-0.3, -0.25) is 0 Å². The van der Waals surface area contributed by atoms with Crippen LogP contribution in [0.1, 0.15) is 0 Å². The molecule has 0 bridgehead atoms. The maximum atomic E-state index is 9.78. The summed E-state index contributed by atoms with van der Waals surface area (Å²) in [4.78, 5) is 0. The molecule has 2 saturated heterocycles. The van der Waals surface area contributed by atoms with E-state index in [1.54, 1.807) is 0 Å². The Balaban J connectivity index is 1.94. The molecule has 0 spiro atoms. The van der Waals surface area contributed by atoms with E-state index in [4.69, 9.17) is 19.3 Å². The highest BCUT2D eigenvalue weighted by molar-refractivity contribution is 4.91. The van der Waals surface area contributed by atoms with Crippen LogP contribution in [-0.2, 0) is 14.2 Å². The quantitative estimate of drug-likeness (QED) is 0.243. The number of hydrogen-bond donors (Lipinski definition) is 8. The number of aliphatic hydroxyl groups excluding tert-OH is 8. The molecule has 2 heterocycles. The van der Waals surface area contributed by atoms with Crippen molar-refractivity contribution in [1.29, 1.82) is 0 Å². The zero-order valence-corrected chi connectivity index (χ0v) is 12.0. The fourth-order valence-corrected chi connectivity index (χ4v) is 2.46. The summed E-state index contributed by atoms with van der Waals surface area (Å²) in [5.74, 6) is 0. The first-order valence-electron chi connectivity index (χ1n) is 7.07. The van der Waals surface area contributed by atoms with E-state index in [9.17, 15) is 35.7 Å². The third-order valence-electron chi connectivity index (χ3n) is 3.96. The molecule has 10 atom stereocenters. The Kier molecular flexibility index (Phi) is 6.27. The Hall–Kier alpha value is -0.440. The fourth-order valence-electron chi connectivity index (χ4n) is 2.46. The molecule has 0 aromatic heterocycles. The second-order valence-corrected chi connectivity index (χ2v) is 5.57. The molecular formula is C12H22O11. The van der Waals surface area contributed by atoms with Crippen molar-refractivity contribution in [2.75, 3.05) is 13.2 Å². The number of rotatable bonds is 4. The van der Waals surface area contributed by atoms with Gasteiger partial charge >= 0.3 is 0 Å². The molecule has 2 aliphatic rings. The molecular weight excluding hydrogens is 320 g/mol.